The van der Waals surface area contributed by atoms with Crippen LogP contribution < -0.4 is 5.73 Å². The maximum absolute atomic E-state index is 5.76. The van der Waals surface area contributed by atoms with E-state index < -0.39 is 0 Å². The van der Waals surface area contributed by atoms with Gasteiger partial charge in [0.25, 0.3) is 0 Å². The monoisotopic (exact) mass is 300 g/mol. The van der Waals surface area contributed by atoms with Crippen molar-refractivity contribution in [3.63, 3.8) is 0 Å². The molecule has 1 fully saturated rings. The van der Waals surface area contributed by atoms with Gasteiger partial charge in [0.15, 0.2) is 0 Å². The molecule has 0 spiro atoms. The Kier molecular flexibility index (Phi) is 4.38. The van der Waals surface area contributed by atoms with E-state index in [0.29, 0.717) is 11.7 Å². The van der Waals surface area contributed by atoms with Gasteiger partial charge in [0, 0.05) is 25.8 Å². The Balaban J connectivity index is 1.60. The van der Waals surface area contributed by atoms with E-state index in [0.717, 1.165) is 37.8 Å². The fourth-order valence-corrected chi connectivity index (χ4v) is 3.27. The summed E-state index contributed by atoms with van der Waals surface area (Å²) < 4.78 is 2.05. The second-order valence-electron chi connectivity index (χ2n) is 6.22. The van der Waals surface area contributed by atoms with Crippen LogP contribution in [0.15, 0.2) is 18.3 Å². The lowest BCUT2D eigenvalue weighted by atomic mass is 9.97. The Morgan fingerprint density at radius 2 is 2.23 bits per heavy atom. The first kappa shape index (κ1) is 15.0. The topological polar surface area (TPSA) is 72.9 Å². The minimum absolute atomic E-state index is 0.597. The summed E-state index contributed by atoms with van der Waals surface area (Å²) in [5, 5.41) is 4.49. The summed E-state index contributed by atoms with van der Waals surface area (Å²) in [6.45, 7) is 8.12. The maximum Gasteiger partial charge on any atom is 0.147 e. The van der Waals surface area contributed by atoms with Gasteiger partial charge in [-0.2, -0.15) is 5.10 Å². The minimum Gasteiger partial charge on any atom is -0.384 e. The van der Waals surface area contributed by atoms with Crippen molar-refractivity contribution in [1.29, 1.82) is 0 Å². The van der Waals surface area contributed by atoms with Crippen LogP contribution in [0.4, 0.5) is 5.82 Å². The van der Waals surface area contributed by atoms with Crippen LogP contribution in [0.2, 0.25) is 0 Å². The summed E-state index contributed by atoms with van der Waals surface area (Å²) in [7, 11) is 0. The number of hydrogen-bond donors (Lipinski definition) is 1. The fraction of sp³-hybridized carbons (Fsp3) is 0.562. The predicted octanol–water partition coefficient (Wildman–Crippen LogP) is 1.78. The van der Waals surface area contributed by atoms with E-state index in [1.807, 2.05) is 30.7 Å². The van der Waals surface area contributed by atoms with E-state index >= 15 is 0 Å². The van der Waals surface area contributed by atoms with Gasteiger partial charge in [-0.15, -0.1) is 0 Å². The maximum atomic E-state index is 5.76. The van der Waals surface area contributed by atoms with E-state index in [2.05, 4.69) is 20.0 Å². The largest absolute Gasteiger partial charge is 0.384 e. The molecule has 1 aliphatic rings. The molecule has 2 aromatic heterocycles. The van der Waals surface area contributed by atoms with Gasteiger partial charge in [0.1, 0.15) is 17.5 Å². The summed E-state index contributed by atoms with van der Waals surface area (Å²) in [4.78, 5) is 10.9. The normalized spacial score (nSPS) is 19.5. The molecule has 6 heteroatoms. The molecule has 0 unspecified atom stereocenters. The first-order chi connectivity index (χ1) is 10.6. The first-order valence-corrected chi connectivity index (χ1v) is 7.91. The van der Waals surface area contributed by atoms with Crippen LogP contribution in [0.25, 0.3) is 0 Å². The van der Waals surface area contributed by atoms with E-state index in [9.17, 15) is 0 Å². The van der Waals surface area contributed by atoms with Crippen molar-refractivity contribution in [2.45, 2.75) is 39.8 Å². The van der Waals surface area contributed by atoms with Crippen molar-refractivity contribution < 1.29 is 0 Å². The van der Waals surface area contributed by atoms with Crippen molar-refractivity contribution in [2.75, 3.05) is 18.8 Å². The van der Waals surface area contributed by atoms with Gasteiger partial charge in [0.05, 0.1) is 0 Å². The molecule has 1 aliphatic heterocycles. The summed E-state index contributed by atoms with van der Waals surface area (Å²) in [6.07, 6.45) is 4.28. The third-order valence-corrected chi connectivity index (χ3v) is 4.25. The number of nitrogens with zero attached hydrogens (tertiary/aromatic N) is 5. The van der Waals surface area contributed by atoms with Crippen molar-refractivity contribution in [3.8, 4) is 0 Å². The third kappa shape index (κ3) is 3.62. The molecule has 0 bridgehead atoms. The number of aromatic nitrogens is 4. The standard InChI is InChI=1S/C16H24N6/c1-12-19-13(2)22(20-12)11-15-4-3-7-21(10-15)9-14-5-6-18-16(17)8-14/h5-6,8,15H,3-4,7,9-11H2,1-2H3,(H2,17,18)/t15-/m1/s1. The summed E-state index contributed by atoms with van der Waals surface area (Å²) in [5.41, 5.74) is 7.00. The lowest BCUT2D eigenvalue weighted by molar-refractivity contribution is 0.152. The van der Waals surface area contributed by atoms with Gasteiger partial charge >= 0.3 is 0 Å². The quantitative estimate of drug-likeness (QED) is 0.932. The Morgan fingerprint density at radius 1 is 1.36 bits per heavy atom. The number of rotatable bonds is 4. The molecule has 0 radical (unpaired) electrons. The van der Waals surface area contributed by atoms with Crippen LogP contribution in [0, 0.1) is 19.8 Å². The number of anilines is 1. The van der Waals surface area contributed by atoms with Crippen molar-refractivity contribution in [2.24, 2.45) is 5.92 Å². The highest BCUT2D eigenvalue weighted by Gasteiger charge is 2.21. The fourth-order valence-electron chi connectivity index (χ4n) is 3.27. The molecule has 3 heterocycles. The number of likely N-dealkylation sites (tertiary alicyclic amines) is 1. The van der Waals surface area contributed by atoms with E-state index in [1.165, 1.54) is 18.4 Å². The highest BCUT2D eigenvalue weighted by atomic mass is 15.3. The van der Waals surface area contributed by atoms with Crippen molar-refractivity contribution in [3.05, 3.63) is 35.5 Å². The smallest absolute Gasteiger partial charge is 0.147 e. The second-order valence-corrected chi connectivity index (χ2v) is 6.22. The Hall–Kier alpha value is -1.95. The van der Waals surface area contributed by atoms with Crippen LogP contribution in [-0.4, -0.2) is 37.7 Å². The SMILES string of the molecule is Cc1nc(C)n(C[C@@H]2CCCN(Cc3ccnc(N)c3)C2)n1. The van der Waals surface area contributed by atoms with Gasteiger partial charge in [-0.3, -0.25) is 4.90 Å². The molecular weight excluding hydrogens is 276 g/mol. The van der Waals surface area contributed by atoms with Crippen molar-refractivity contribution in [1.82, 2.24) is 24.6 Å². The molecule has 1 atom stereocenters. The molecule has 3 rings (SSSR count). The zero-order valence-corrected chi connectivity index (χ0v) is 13.4. The van der Waals surface area contributed by atoms with Gasteiger partial charge in [-0.25, -0.2) is 14.6 Å². The van der Waals surface area contributed by atoms with Crippen LogP contribution in [0.3, 0.4) is 0 Å². The molecule has 1 saturated heterocycles. The zero-order chi connectivity index (χ0) is 15.5. The molecule has 22 heavy (non-hydrogen) atoms. The molecule has 0 aliphatic carbocycles. The lowest BCUT2D eigenvalue weighted by Gasteiger charge is -2.32. The number of pyridine rings is 1. The Bertz CT molecular complexity index is 635. The third-order valence-electron chi connectivity index (χ3n) is 4.25. The summed E-state index contributed by atoms with van der Waals surface area (Å²) in [5.74, 6) is 3.10. The predicted molar refractivity (Wildman–Crippen MR) is 86.1 cm³/mol. The van der Waals surface area contributed by atoms with E-state index in [4.69, 9.17) is 5.73 Å². The second kappa shape index (κ2) is 6.44. The van der Waals surface area contributed by atoms with Crippen LogP contribution in [0.1, 0.15) is 30.1 Å². The summed E-state index contributed by atoms with van der Waals surface area (Å²) >= 11 is 0. The molecule has 0 aromatic carbocycles. The number of nitrogen functional groups attached to an aromatic ring is 1. The van der Waals surface area contributed by atoms with Crippen LogP contribution in [0.5, 0.6) is 0 Å². The molecule has 2 N–H and O–H groups in total. The van der Waals surface area contributed by atoms with Gasteiger partial charge in [-0.05, 0) is 56.8 Å². The highest BCUT2D eigenvalue weighted by molar-refractivity contribution is 5.31. The zero-order valence-electron chi connectivity index (χ0n) is 13.4. The lowest BCUT2D eigenvalue weighted by Crippen LogP contribution is -2.36. The molecule has 6 nitrogen and oxygen atoms in total. The molecule has 2 aromatic rings. The number of aryl methyl sites for hydroxylation is 2. The minimum atomic E-state index is 0.597. The Labute approximate surface area is 131 Å². The molecular formula is C16H24N6. The van der Waals surface area contributed by atoms with Crippen LogP contribution >= 0.6 is 0 Å². The average Bonchev–Trinajstić information content (AvgIpc) is 2.77. The van der Waals surface area contributed by atoms with Gasteiger partial charge < -0.3 is 5.73 Å². The van der Waals surface area contributed by atoms with Crippen LogP contribution in [-0.2, 0) is 13.1 Å². The summed E-state index contributed by atoms with van der Waals surface area (Å²) in [6, 6.07) is 4.01. The number of hydrogen-bond acceptors (Lipinski definition) is 5. The number of piperidine rings is 1. The van der Waals surface area contributed by atoms with E-state index in [-0.39, 0.29) is 0 Å². The molecule has 0 amide bonds. The number of nitrogens with two attached hydrogens (primary N) is 1. The molecule has 0 saturated carbocycles. The molecule has 118 valence electrons. The highest BCUT2D eigenvalue weighted by Crippen LogP contribution is 2.20. The van der Waals surface area contributed by atoms with E-state index in [1.54, 1.807) is 6.20 Å². The van der Waals surface area contributed by atoms with Gasteiger partial charge in [-0.1, -0.05) is 0 Å². The Morgan fingerprint density at radius 3 is 2.95 bits per heavy atom. The van der Waals surface area contributed by atoms with Gasteiger partial charge in [0.2, 0.25) is 0 Å². The first-order valence-electron chi connectivity index (χ1n) is 7.91. The average molecular weight is 300 g/mol. The van der Waals surface area contributed by atoms with Crippen molar-refractivity contribution >= 4 is 5.82 Å².